The maximum atomic E-state index is 5.83. The number of hydrogen-bond donors (Lipinski definition) is 3. The predicted octanol–water partition coefficient (Wildman–Crippen LogP) is 2.72. The molecule has 3 heterocycles. The van der Waals surface area contributed by atoms with Crippen molar-refractivity contribution in [2.45, 2.75) is 33.6 Å². The molecule has 6 nitrogen and oxygen atoms in total. The van der Waals surface area contributed by atoms with Crippen LogP contribution in [0, 0.1) is 11.8 Å². The molecule has 134 valence electrons. The summed E-state index contributed by atoms with van der Waals surface area (Å²) < 4.78 is 0. The number of quaternary nitrogens is 1. The standard InChI is InChI=1S/C19H28N6/c1-4-5-8-25-19(9-14(11-22-25)13(2)3)24-18-7-6-16-17(23-18)10-15(20)12-21-16/h6-7,9-10,12-14,25H,4-5,8,11,20H2,1-3H3,(H,23,24). The van der Waals surface area contributed by atoms with Gasteiger partial charge in [0.1, 0.15) is 5.82 Å². The molecular weight excluding hydrogens is 312 g/mol. The minimum atomic E-state index is 0.464. The van der Waals surface area contributed by atoms with Crippen LogP contribution >= 0.6 is 0 Å². The van der Waals surface area contributed by atoms with E-state index in [1.54, 1.807) is 6.20 Å². The smallest absolute Gasteiger partial charge is 0.191 e. The van der Waals surface area contributed by atoms with Gasteiger partial charge in [-0.3, -0.25) is 10.3 Å². The van der Waals surface area contributed by atoms with E-state index in [1.807, 2.05) is 18.2 Å². The maximum absolute atomic E-state index is 5.83. The van der Waals surface area contributed by atoms with Gasteiger partial charge in [0, 0.05) is 0 Å². The van der Waals surface area contributed by atoms with Crippen molar-refractivity contribution >= 4 is 22.5 Å². The Morgan fingerprint density at radius 1 is 1.36 bits per heavy atom. The zero-order valence-electron chi connectivity index (χ0n) is 15.3. The van der Waals surface area contributed by atoms with Crippen molar-refractivity contribution in [2.24, 2.45) is 11.8 Å². The summed E-state index contributed by atoms with van der Waals surface area (Å²) in [6.07, 6.45) is 6.30. The molecule has 2 aromatic rings. The van der Waals surface area contributed by atoms with Crippen LogP contribution in [0.4, 0.5) is 11.5 Å². The third-order valence-electron chi connectivity index (χ3n) is 4.63. The van der Waals surface area contributed by atoms with Gasteiger partial charge < -0.3 is 16.2 Å². The van der Waals surface area contributed by atoms with Crippen LogP contribution in [-0.4, -0.2) is 23.1 Å². The third kappa shape index (κ3) is 4.27. The lowest BCUT2D eigenvalue weighted by atomic mass is 9.94. The molecule has 0 aliphatic carbocycles. The second-order valence-electron chi connectivity index (χ2n) is 7.01. The van der Waals surface area contributed by atoms with E-state index in [9.17, 15) is 0 Å². The molecule has 3 rings (SSSR count). The Morgan fingerprint density at radius 3 is 2.96 bits per heavy atom. The van der Waals surface area contributed by atoms with E-state index >= 15 is 0 Å². The van der Waals surface area contributed by atoms with Gasteiger partial charge in [0.2, 0.25) is 0 Å². The molecule has 0 saturated heterocycles. The summed E-state index contributed by atoms with van der Waals surface area (Å²) in [5, 5.41) is 4.65. The summed E-state index contributed by atoms with van der Waals surface area (Å²) >= 11 is 0. The highest BCUT2D eigenvalue weighted by Crippen LogP contribution is 2.20. The highest BCUT2D eigenvalue weighted by atomic mass is 15.5. The van der Waals surface area contributed by atoms with Crippen molar-refractivity contribution < 1.29 is 5.01 Å². The number of nitrogens with zero attached hydrogens (tertiary/aromatic N) is 3. The minimum absolute atomic E-state index is 0.464. The van der Waals surface area contributed by atoms with E-state index in [0.29, 0.717) is 17.5 Å². The van der Waals surface area contributed by atoms with Crippen molar-refractivity contribution in [3.63, 3.8) is 0 Å². The van der Waals surface area contributed by atoms with E-state index in [-0.39, 0.29) is 0 Å². The summed E-state index contributed by atoms with van der Waals surface area (Å²) in [7, 11) is 0. The summed E-state index contributed by atoms with van der Waals surface area (Å²) in [4.78, 5) is 8.97. The maximum Gasteiger partial charge on any atom is 0.191 e. The van der Waals surface area contributed by atoms with Gasteiger partial charge >= 0.3 is 0 Å². The Morgan fingerprint density at radius 2 is 2.20 bits per heavy atom. The van der Waals surface area contributed by atoms with Crippen LogP contribution in [0.25, 0.3) is 16.5 Å². The summed E-state index contributed by atoms with van der Waals surface area (Å²) in [6.45, 7) is 8.58. The third-order valence-corrected chi connectivity index (χ3v) is 4.63. The molecule has 0 radical (unpaired) electrons. The molecule has 0 spiro atoms. The van der Waals surface area contributed by atoms with E-state index in [2.05, 4.69) is 42.1 Å². The van der Waals surface area contributed by atoms with Crippen LogP contribution in [0.15, 0.2) is 36.3 Å². The van der Waals surface area contributed by atoms with Crippen molar-refractivity contribution in [3.05, 3.63) is 41.7 Å². The van der Waals surface area contributed by atoms with E-state index < -0.39 is 0 Å². The lowest BCUT2D eigenvalue weighted by molar-refractivity contribution is -0.823. The molecule has 1 aliphatic heterocycles. The molecular formula is C19H28N6. The quantitative estimate of drug-likeness (QED) is 0.755. The monoisotopic (exact) mass is 340 g/mol. The van der Waals surface area contributed by atoms with Crippen LogP contribution in [0.2, 0.25) is 0 Å². The number of aromatic nitrogens is 2. The van der Waals surface area contributed by atoms with Crippen molar-refractivity contribution in [1.82, 2.24) is 9.97 Å². The highest BCUT2D eigenvalue weighted by molar-refractivity contribution is 5.78. The Kier molecular flexibility index (Phi) is 5.50. The minimum Gasteiger partial charge on any atom is -0.447 e. The normalized spacial score (nSPS) is 20.7. The van der Waals surface area contributed by atoms with E-state index in [1.165, 1.54) is 6.42 Å². The zero-order valence-corrected chi connectivity index (χ0v) is 15.3. The first-order valence-corrected chi connectivity index (χ1v) is 9.11. The van der Waals surface area contributed by atoms with Gasteiger partial charge in [0.25, 0.3) is 0 Å². The number of pyridine rings is 2. The lowest BCUT2D eigenvalue weighted by Crippen LogP contribution is -3.08. The van der Waals surface area contributed by atoms with Crippen molar-refractivity contribution in [2.75, 3.05) is 24.1 Å². The molecule has 1 aliphatic rings. The number of nitrogens with one attached hydrogen (secondary N) is 2. The first-order chi connectivity index (χ1) is 12.1. The van der Waals surface area contributed by atoms with Gasteiger partial charge in [-0.05, 0) is 42.5 Å². The largest absolute Gasteiger partial charge is 0.447 e. The molecule has 0 bridgehead atoms. The number of anilines is 2. The average molecular weight is 340 g/mol. The van der Waals surface area contributed by atoms with Crippen LogP contribution < -0.4 is 16.1 Å². The topological polar surface area (TPSA) is 82.4 Å². The van der Waals surface area contributed by atoms with Gasteiger partial charge in [0.15, 0.2) is 5.82 Å². The SMILES string of the molecule is CCCC[NH+]1[N-]CC(C(C)C)C=C1Nc1ccc2ncc(N)cc2n1. The predicted molar refractivity (Wildman–Crippen MR) is 103 cm³/mol. The fourth-order valence-electron chi connectivity index (χ4n) is 2.97. The first-order valence-electron chi connectivity index (χ1n) is 9.11. The van der Waals surface area contributed by atoms with Crippen LogP contribution in [-0.2, 0) is 0 Å². The Balaban J connectivity index is 1.85. The second kappa shape index (κ2) is 7.80. The molecule has 2 atom stereocenters. The summed E-state index contributed by atoms with van der Waals surface area (Å²) in [5.74, 6) is 2.94. The zero-order chi connectivity index (χ0) is 17.8. The molecule has 2 aromatic heterocycles. The molecule has 6 heteroatoms. The lowest BCUT2D eigenvalue weighted by Gasteiger charge is -2.40. The van der Waals surface area contributed by atoms with Crippen LogP contribution in [0.1, 0.15) is 33.6 Å². The van der Waals surface area contributed by atoms with Crippen molar-refractivity contribution in [1.29, 1.82) is 0 Å². The molecule has 0 saturated carbocycles. The van der Waals surface area contributed by atoms with Gasteiger partial charge in [-0.25, -0.2) is 4.98 Å². The van der Waals surface area contributed by atoms with Crippen LogP contribution in [0.5, 0.6) is 0 Å². The summed E-state index contributed by atoms with van der Waals surface area (Å²) in [5.41, 5.74) is 13.0. The van der Waals surface area contributed by atoms with E-state index in [0.717, 1.165) is 47.2 Å². The van der Waals surface area contributed by atoms with Gasteiger partial charge in [0.05, 0.1) is 29.5 Å². The van der Waals surface area contributed by atoms with Gasteiger partial charge in [-0.1, -0.05) is 27.2 Å². The average Bonchev–Trinajstić information content (AvgIpc) is 2.60. The number of nitrogens with two attached hydrogens (primary N) is 1. The molecule has 0 amide bonds. The first kappa shape index (κ1) is 17.6. The van der Waals surface area contributed by atoms with E-state index in [4.69, 9.17) is 11.2 Å². The molecule has 4 N–H and O–H groups in total. The molecule has 2 unspecified atom stereocenters. The Hall–Kier alpha value is -2.18. The number of nitrogen functional groups attached to an aromatic ring is 1. The number of hydrogen-bond acceptors (Lipinski definition) is 4. The number of unbranched alkanes of at least 4 members (excludes halogenated alkanes) is 1. The van der Waals surface area contributed by atoms with Crippen LogP contribution in [0.3, 0.4) is 0 Å². The number of fused-ring (bicyclic) bond motifs is 1. The fourth-order valence-corrected chi connectivity index (χ4v) is 2.97. The molecule has 25 heavy (non-hydrogen) atoms. The number of rotatable bonds is 6. The fraction of sp³-hybridized carbons (Fsp3) is 0.474. The molecule has 0 aromatic carbocycles. The highest BCUT2D eigenvalue weighted by Gasteiger charge is 2.20. The molecule has 0 fully saturated rings. The Bertz CT molecular complexity index is 755. The second-order valence-corrected chi connectivity index (χ2v) is 7.01. The van der Waals surface area contributed by atoms with Crippen molar-refractivity contribution in [3.8, 4) is 0 Å². The summed E-state index contributed by atoms with van der Waals surface area (Å²) in [6, 6.07) is 5.78. The van der Waals surface area contributed by atoms with Gasteiger partial charge in [-0.15, -0.1) is 6.54 Å². The van der Waals surface area contributed by atoms with Gasteiger partial charge in [-0.2, -0.15) is 0 Å². The Labute approximate surface area is 149 Å².